The van der Waals surface area contributed by atoms with Gasteiger partial charge in [-0.25, -0.2) is 4.79 Å². The van der Waals surface area contributed by atoms with Crippen molar-refractivity contribution in [1.82, 2.24) is 0 Å². The highest BCUT2D eigenvalue weighted by atomic mass is 35.5. The van der Waals surface area contributed by atoms with Crippen LogP contribution in [0, 0.1) is 0 Å². The van der Waals surface area contributed by atoms with E-state index in [0.717, 1.165) is 0 Å². The fraction of sp³-hybridized carbons (Fsp3) is 0.158. The van der Waals surface area contributed by atoms with E-state index in [1.165, 1.54) is 4.90 Å². The first-order valence-electron chi connectivity index (χ1n) is 7.79. The molecule has 2 aromatic carbocycles. The SMILES string of the molecule is CCOC(=O)C1=C(O)C(=O)N(c2ccccc2)[C@@H]1c1ccc(Cl)cc1. The number of anilines is 1. The summed E-state index contributed by atoms with van der Waals surface area (Å²) in [5.41, 5.74) is 1.14. The highest BCUT2D eigenvalue weighted by molar-refractivity contribution is 6.30. The topological polar surface area (TPSA) is 66.8 Å². The molecule has 0 unspecified atom stereocenters. The third-order valence-electron chi connectivity index (χ3n) is 3.92. The Kier molecular flexibility index (Phi) is 4.76. The lowest BCUT2D eigenvalue weighted by Crippen LogP contribution is -2.31. The summed E-state index contributed by atoms with van der Waals surface area (Å²) in [6.45, 7) is 1.81. The number of hydrogen-bond acceptors (Lipinski definition) is 4. The van der Waals surface area contributed by atoms with Gasteiger partial charge in [0.25, 0.3) is 5.91 Å². The minimum absolute atomic E-state index is 0.0713. The normalized spacial score (nSPS) is 17.1. The Balaban J connectivity index is 2.14. The fourth-order valence-corrected chi connectivity index (χ4v) is 2.96. The minimum atomic E-state index is -0.786. The largest absolute Gasteiger partial charge is 0.503 e. The highest BCUT2D eigenvalue weighted by Gasteiger charge is 2.45. The van der Waals surface area contributed by atoms with E-state index in [4.69, 9.17) is 16.3 Å². The number of halogens is 1. The quantitative estimate of drug-likeness (QED) is 0.845. The number of nitrogens with zero attached hydrogens (tertiary/aromatic N) is 1. The van der Waals surface area contributed by atoms with Crippen LogP contribution in [0.15, 0.2) is 65.9 Å². The van der Waals surface area contributed by atoms with Crippen LogP contribution in [-0.2, 0) is 14.3 Å². The number of rotatable bonds is 4. The van der Waals surface area contributed by atoms with Crippen LogP contribution >= 0.6 is 11.6 Å². The van der Waals surface area contributed by atoms with Gasteiger partial charge < -0.3 is 9.84 Å². The number of aliphatic hydroxyl groups is 1. The molecular formula is C19H16ClNO4. The van der Waals surface area contributed by atoms with Crippen LogP contribution in [0.25, 0.3) is 0 Å². The second-order valence-electron chi connectivity index (χ2n) is 5.45. The van der Waals surface area contributed by atoms with Gasteiger partial charge in [0.2, 0.25) is 0 Å². The Hall–Kier alpha value is -2.79. The van der Waals surface area contributed by atoms with Gasteiger partial charge in [-0.2, -0.15) is 0 Å². The van der Waals surface area contributed by atoms with Crippen LogP contribution in [0.5, 0.6) is 0 Å². The van der Waals surface area contributed by atoms with Gasteiger partial charge in [0.1, 0.15) is 5.57 Å². The van der Waals surface area contributed by atoms with Crippen molar-refractivity contribution in [3.05, 3.63) is 76.5 Å². The van der Waals surface area contributed by atoms with E-state index in [1.54, 1.807) is 55.5 Å². The third-order valence-corrected chi connectivity index (χ3v) is 4.18. The molecule has 1 amide bonds. The van der Waals surface area contributed by atoms with Crippen LogP contribution in [0.2, 0.25) is 5.02 Å². The maximum atomic E-state index is 12.7. The van der Waals surface area contributed by atoms with Crippen molar-refractivity contribution in [2.45, 2.75) is 13.0 Å². The zero-order chi connectivity index (χ0) is 18.0. The number of ether oxygens (including phenoxy) is 1. The molecule has 0 saturated heterocycles. The summed E-state index contributed by atoms with van der Waals surface area (Å²) in [7, 11) is 0. The monoisotopic (exact) mass is 357 g/mol. The highest BCUT2D eigenvalue weighted by Crippen LogP contribution is 2.41. The zero-order valence-corrected chi connectivity index (χ0v) is 14.2. The van der Waals surface area contributed by atoms with E-state index in [2.05, 4.69) is 0 Å². The number of para-hydroxylation sites is 1. The molecule has 1 aliphatic rings. The first-order valence-corrected chi connectivity index (χ1v) is 8.16. The summed E-state index contributed by atoms with van der Waals surface area (Å²) in [5, 5.41) is 10.9. The van der Waals surface area contributed by atoms with Crippen molar-refractivity contribution in [2.24, 2.45) is 0 Å². The summed E-state index contributed by atoms with van der Waals surface area (Å²) < 4.78 is 5.04. The molecule has 0 aromatic heterocycles. The lowest BCUT2D eigenvalue weighted by molar-refractivity contribution is -0.139. The van der Waals surface area contributed by atoms with Crippen molar-refractivity contribution in [3.63, 3.8) is 0 Å². The van der Waals surface area contributed by atoms with Gasteiger partial charge in [-0.05, 0) is 36.8 Å². The number of aliphatic hydroxyl groups excluding tert-OH is 1. The van der Waals surface area contributed by atoms with Crippen LogP contribution in [0.4, 0.5) is 5.69 Å². The van der Waals surface area contributed by atoms with Crippen LogP contribution < -0.4 is 4.90 Å². The first kappa shape index (κ1) is 17.0. The second-order valence-corrected chi connectivity index (χ2v) is 5.88. The molecule has 0 spiro atoms. The second kappa shape index (κ2) is 6.99. The van der Waals surface area contributed by atoms with E-state index in [1.807, 2.05) is 6.07 Å². The molecular weight excluding hydrogens is 342 g/mol. The molecule has 128 valence electrons. The molecule has 3 rings (SSSR count). The van der Waals surface area contributed by atoms with Gasteiger partial charge in [-0.15, -0.1) is 0 Å². The van der Waals surface area contributed by atoms with Gasteiger partial charge in [0.15, 0.2) is 5.76 Å². The van der Waals surface area contributed by atoms with Crippen molar-refractivity contribution in [1.29, 1.82) is 0 Å². The standard InChI is InChI=1S/C19H16ClNO4/c1-2-25-19(24)15-16(12-8-10-13(20)11-9-12)21(18(23)17(15)22)14-6-4-3-5-7-14/h3-11,16,22H,2H2,1H3/t16-/m1/s1. The summed E-state index contributed by atoms with van der Waals surface area (Å²) >= 11 is 5.94. The predicted molar refractivity (Wildman–Crippen MR) is 94.4 cm³/mol. The van der Waals surface area contributed by atoms with Crippen LogP contribution in [-0.4, -0.2) is 23.6 Å². The smallest absolute Gasteiger partial charge is 0.340 e. The third kappa shape index (κ3) is 3.10. The summed E-state index contributed by atoms with van der Waals surface area (Å²) in [5.74, 6) is -1.96. The molecule has 0 saturated carbocycles. The molecule has 0 radical (unpaired) electrons. The van der Waals surface area contributed by atoms with E-state index in [-0.39, 0.29) is 12.2 Å². The van der Waals surface area contributed by atoms with Gasteiger partial charge >= 0.3 is 5.97 Å². The number of amides is 1. The van der Waals surface area contributed by atoms with Crippen molar-refractivity contribution < 1.29 is 19.4 Å². The molecule has 25 heavy (non-hydrogen) atoms. The zero-order valence-electron chi connectivity index (χ0n) is 13.5. The number of carbonyl (C=O) groups is 2. The average molecular weight is 358 g/mol. The Bertz CT molecular complexity index is 830. The van der Waals surface area contributed by atoms with Crippen molar-refractivity contribution in [2.75, 3.05) is 11.5 Å². The molecule has 1 N–H and O–H groups in total. The first-order chi connectivity index (χ1) is 12.0. The van der Waals surface area contributed by atoms with Crippen LogP contribution in [0.1, 0.15) is 18.5 Å². The molecule has 6 heteroatoms. The number of benzene rings is 2. The Morgan fingerprint density at radius 2 is 1.80 bits per heavy atom. The predicted octanol–water partition coefficient (Wildman–Crippen LogP) is 3.80. The van der Waals surface area contributed by atoms with E-state index >= 15 is 0 Å². The molecule has 1 heterocycles. The van der Waals surface area contributed by atoms with Gasteiger partial charge in [-0.1, -0.05) is 41.9 Å². The number of carbonyl (C=O) groups excluding carboxylic acids is 2. The molecule has 0 aliphatic carbocycles. The Morgan fingerprint density at radius 1 is 1.16 bits per heavy atom. The summed E-state index contributed by atoms with van der Waals surface area (Å²) in [6.07, 6.45) is 0. The van der Waals surface area contributed by atoms with Crippen molar-refractivity contribution in [3.8, 4) is 0 Å². The fourth-order valence-electron chi connectivity index (χ4n) is 2.84. The van der Waals surface area contributed by atoms with E-state index in [9.17, 15) is 14.7 Å². The van der Waals surface area contributed by atoms with Gasteiger partial charge in [0.05, 0.1) is 12.6 Å². The van der Waals surface area contributed by atoms with Gasteiger partial charge in [-0.3, -0.25) is 9.69 Å². The molecule has 2 aromatic rings. The molecule has 1 aliphatic heterocycles. The molecule has 0 bridgehead atoms. The van der Waals surface area contributed by atoms with Gasteiger partial charge in [0, 0.05) is 10.7 Å². The Labute approximate surface area is 150 Å². The molecule has 5 nitrogen and oxygen atoms in total. The van der Waals surface area contributed by atoms with Crippen LogP contribution in [0.3, 0.4) is 0 Å². The van der Waals surface area contributed by atoms with E-state index < -0.39 is 23.7 Å². The average Bonchev–Trinajstić information content (AvgIpc) is 2.88. The lowest BCUT2D eigenvalue weighted by Gasteiger charge is -2.26. The number of hydrogen-bond donors (Lipinski definition) is 1. The summed E-state index contributed by atoms with van der Waals surface area (Å²) in [4.78, 5) is 26.4. The van der Waals surface area contributed by atoms with Crippen molar-refractivity contribution >= 4 is 29.2 Å². The molecule has 1 atom stereocenters. The molecule has 0 fully saturated rings. The lowest BCUT2D eigenvalue weighted by atomic mass is 9.99. The Morgan fingerprint density at radius 3 is 2.40 bits per heavy atom. The minimum Gasteiger partial charge on any atom is -0.503 e. The maximum Gasteiger partial charge on any atom is 0.340 e. The summed E-state index contributed by atoms with van der Waals surface area (Å²) in [6, 6.07) is 14.8. The maximum absolute atomic E-state index is 12.7. The van der Waals surface area contributed by atoms with E-state index in [0.29, 0.717) is 16.3 Å². The number of esters is 1.